The van der Waals surface area contributed by atoms with E-state index in [0.717, 1.165) is 11.1 Å². The number of nitrogens with zero attached hydrogens (tertiary/aromatic N) is 1. The summed E-state index contributed by atoms with van der Waals surface area (Å²) in [7, 11) is 1.54. The highest BCUT2D eigenvalue weighted by Crippen LogP contribution is 2.27. The summed E-state index contributed by atoms with van der Waals surface area (Å²) in [5.74, 6) is 2.90. The molecule has 1 amide bonds. The minimum atomic E-state index is -0.500. The van der Waals surface area contributed by atoms with Crippen LogP contribution in [-0.2, 0) is 4.79 Å². The largest absolute Gasteiger partial charge is 0.497 e. The third-order valence-electron chi connectivity index (χ3n) is 3.96. The number of aryl methyl sites for hydroxylation is 2. The maximum Gasteiger partial charge on any atom is 0.266 e. The molecule has 5 nitrogen and oxygen atoms in total. The molecule has 0 heterocycles. The number of methoxy groups -OCH3 is 1. The van der Waals surface area contributed by atoms with Crippen LogP contribution in [0.25, 0.3) is 6.08 Å². The smallest absolute Gasteiger partial charge is 0.266 e. The zero-order chi connectivity index (χ0) is 19.8. The van der Waals surface area contributed by atoms with E-state index in [0.29, 0.717) is 22.7 Å². The van der Waals surface area contributed by atoms with Crippen molar-refractivity contribution in [3.63, 3.8) is 0 Å². The van der Waals surface area contributed by atoms with Gasteiger partial charge in [0.05, 0.1) is 7.11 Å². The Morgan fingerprint density at radius 2 is 2.00 bits per heavy atom. The molecule has 0 atom stereocenters. The molecule has 0 aliphatic heterocycles. The Balaban J connectivity index is 2.31. The quantitative estimate of drug-likeness (QED) is 0.482. The monoisotopic (exact) mass is 360 g/mol. The number of terminal acetylenes is 1. The topological polar surface area (TPSA) is 71.3 Å². The van der Waals surface area contributed by atoms with Crippen molar-refractivity contribution in [3.05, 3.63) is 58.7 Å². The van der Waals surface area contributed by atoms with Gasteiger partial charge in [-0.2, -0.15) is 5.26 Å². The summed E-state index contributed by atoms with van der Waals surface area (Å²) in [5.41, 5.74) is 3.30. The van der Waals surface area contributed by atoms with Crippen LogP contribution in [0.5, 0.6) is 11.5 Å². The van der Waals surface area contributed by atoms with Gasteiger partial charge in [0, 0.05) is 17.3 Å². The third kappa shape index (κ3) is 5.14. The second kappa shape index (κ2) is 9.12. The fourth-order valence-electron chi connectivity index (χ4n) is 2.33. The lowest BCUT2D eigenvalue weighted by molar-refractivity contribution is -0.112. The van der Waals surface area contributed by atoms with Crippen molar-refractivity contribution in [2.75, 3.05) is 19.0 Å². The molecule has 0 aromatic heterocycles. The van der Waals surface area contributed by atoms with Gasteiger partial charge in [0.15, 0.2) is 0 Å². The van der Waals surface area contributed by atoms with Gasteiger partial charge in [0.1, 0.15) is 29.7 Å². The molecule has 0 saturated carbocycles. The van der Waals surface area contributed by atoms with Gasteiger partial charge in [-0.25, -0.2) is 0 Å². The first-order valence-corrected chi connectivity index (χ1v) is 8.23. The van der Waals surface area contributed by atoms with Gasteiger partial charge >= 0.3 is 0 Å². The SMILES string of the molecule is C#CCOc1cc(OC)ccc1/C=C(\C#N)C(=O)Nc1ccc(C)c(C)c1. The molecule has 0 aliphatic rings. The minimum absolute atomic E-state index is 0.0519. The summed E-state index contributed by atoms with van der Waals surface area (Å²) < 4.78 is 10.7. The van der Waals surface area contributed by atoms with Crippen molar-refractivity contribution in [2.24, 2.45) is 0 Å². The Morgan fingerprint density at radius 1 is 1.22 bits per heavy atom. The number of hydrogen-bond donors (Lipinski definition) is 1. The standard InChI is InChI=1S/C22H20N2O3/c1-5-10-27-21-13-20(26-4)9-7-17(21)12-18(14-23)22(25)24-19-8-6-15(2)16(3)11-19/h1,6-9,11-13H,10H2,2-4H3,(H,24,25)/b18-12+. The van der Waals surface area contributed by atoms with Crippen molar-refractivity contribution >= 4 is 17.7 Å². The number of anilines is 1. The molecule has 0 radical (unpaired) electrons. The molecule has 0 fully saturated rings. The van der Waals surface area contributed by atoms with E-state index in [9.17, 15) is 10.1 Å². The number of rotatable bonds is 6. The van der Waals surface area contributed by atoms with Crippen molar-refractivity contribution in [2.45, 2.75) is 13.8 Å². The van der Waals surface area contributed by atoms with Crippen LogP contribution >= 0.6 is 0 Å². The van der Waals surface area contributed by atoms with Gasteiger partial charge in [0.2, 0.25) is 0 Å². The van der Waals surface area contributed by atoms with E-state index in [4.69, 9.17) is 15.9 Å². The summed E-state index contributed by atoms with van der Waals surface area (Å²) in [4.78, 5) is 12.5. The number of ether oxygens (including phenoxy) is 2. The minimum Gasteiger partial charge on any atom is -0.497 e. The fourth-order valence-corrected chi connectivity index (χ4v) is 2.33. The van der Waals surface area contributed by atoms with Crippen LogP contribution in [0.1, 0.15) is 16.7 Å². The van der Waals surface area contributed by atoms with Crippen LogP contribution < -0.4 is 14.8 Å². The molecule has 0 bridgehead atoms. The number of carbonyl (C=O) groups excluding carboxylic acids is 1. The summed E-state index contributed by atoms with van der Waals surface area (Å²) in [6, 6.07) is 12.6. The van der Waals surface area contributed by atoms with Crippen LogP contribution in [-0.4, -0.2) is 19.6 Å². The molecule has 0 saturated heterocycles. The summed E-state index contributed by atoms with van der Waals surface area (Å²) in [6.45, 7) is 4.01. The van der Waals surface area contributed by atoms with E-state index in [-0.39, 0.29) is 12.2 Å². The van der Waals surface area contributed by atoms with Crippen molar-refractivity contribution in [1.82, 2.24) is 0 Å². The number of nitrogens with one attached hydrogen (secondary N) is 1. The molecule has 5 heteroatoms. The predicted molar refractivity (Wildman–Crippen MR) is 105 cm³/mol. The number of nitriles is 1. The Labute approximate surface area is 159 Å². The Morgan fingerprint density at radius 3 is 2.63 bits per heavy atom. The second-order valence-electron chi connectivity index (χ2n) is 5.82. The van der Waals surface area contributed by atoms with Crippen LogP contribution in [0.15, 0.2) is 42.0 Å². The maximum atomic E-state index is 12.5. The van der Waals surface area contributed by atoms with Crippen molar-refractivity contribution in [3.8, 4) is 29.9 Å². The first-order valence-electron chi connectivity index (χ1n) is 8.23. The summed E-state index contributed by atoms with van der Waals surface area (Å²) in [5, 5.41) is 12.2. The van der Waals surface area contributed by atoms with E-state index in [1.54, 1.807) is 24.3 Å². The van der Waals surface area contributed by atoms with E-state index in [2.05, 4.69) is 11.2 Å². The lowest BCUT2D eigenvalue weighted by Crippen LogP contribution is -2.13. The van der Waals surface area contributed by atoms with E-state index in [1.807, 2.05) is 32.0 Å². The van der Waals surface area contributed by atoms with Gasteiger partial charge in [-0.05, 0) is 55.3 Å². The predicted octanol–water partition coefficient (Wildman–Crippen LogP) is 3.87. The molecule has 2 aromatic carbocycles. The van der Waals surface area contributed by atoms with Crippen LogP contribution in [0, 0.1) is 37.5 Å². The molecule has 1 N–H and O–H groups in total. The Bertz CT molecular complexity index is 962. The summed E-state index contributed by atoms with van der Waals surface area (Å²) >= 11 is 0. The average molecular weight is 360 g/mol. The summed E-state index contributed by atoms with van der Waals surface area (Å²) in [6.07, 6.45) is 6.70. The normalized spacial score (nSPS) is 10.5. The van der Waals surface area contributed by atoms with Gasteiger partial charge in [-0.15, -0.1) is 6.42 Å². The Hall–Kier alpha value is -3.70. The van der Waals surface area contributed by atoms with E-state index >= 15 is 0 Å². The van der Waals surface area contributed by atoms with Crippen LogP contribution in [0.3, 0.4) is 0 Å². The second-order valence-corrected chi connectivity index (χ2v) is 5.82. The van der Waals surface area contributed by atoms with Crippen LogP contribution in [0.4, 0.5) is 5.69 Å². The van der Waals surface area contributed by atoms with Gasteiger partial charge < -0.3 is 14.8 Å². The molecule has 27 heavy (non-hydrogen) atoms. The van der Waals surface area contributed by atoms with Crippen molar-refractivity contribution in [1.29, 1.82) is 5.26 Å². The zero-order valence-electron chi connectivity index (χ0n) is 15.5. The van der Waals surface area contributed by atoms with Gasteiger partial charge in [-0.1, -0.05) is 12.0 Å². The molecule has 2 aromatic rings. The molecule has 0 unspecified atom stereocenters. The maximum absolute atomic E-state index is 12.5. The fraction of sp³-hybridized carbons (Fsp3) is 0.182. The molecular formula is C22H20N2O3. The highest BCUT2D eigenvalue weighted by atomic mass is 16.5. The first-order chi connectivity index (χ1) is 13.0. The average Bonchev–Trinajstić information content (AvgIpc) is 2.67. The van der Waals surface area contributed by atoms with Crippen molar-refractivity contribution < 1.29 is 14.3 Å². The molecule has 0 spiro atoms. The molecular weight excluding hydrogens is 340 g/mol. The van der Waals surface area contributed by atoms with E-state index < -0.39 is 5.91 Å². The molecule has 0 aliphatic carbocycles. The number of amides is 1. The van der Waals surface area contributed by atoms with Gasteiger partial charge in [-0.3, -0.25) is 4.79 Å². The molecule has 2 rings (SSSR count). The molecule has 136 valence electrons. The van der Waals surface area contributed by atoms with Crippen LogP contribution in [0.2, 0.25) is 0 Å². The number of hydrogen-bond acceptors (Lipinski definition) is 4. The van der Waals surface area contributed by atoms with Gasteiger partial charge in [0.25, 0.3) is 5.91 Å². The highest BCUT2D eigenvalue weighted by Gasteiger charge is 2.12. The first kappa shape index (κ1) is 19.6. The Kier molecular flexibility index (Phi) is 6.63. The number of benzene rings is 2. The highest BCUT2D eigenvalue weighted by molar-refractivity contribution is 6.09. The lowest BCUT2D eigenvalue weighted by Gasteiger charge is -2.10. The lowest BCUT2D eigenvalue weighted by atomic mass is 10.1. The number of carbonyl (C=O) groups is 1. The van der Waals surface area contributed by atoms with E-state index in [1.165, 1.54) is 13.2 Å². The third-order valence-corrected chi connectivity index (χ3v) is 3.96. The zero-order valence-corrected chi connectivity index (χ0v) is 15.5.